The summed E-state index contributed by atoms with van der Waals surface area (Å²) in [6, 6.07) is 13.9. The molecule has 0 aliphatic carbocycles. The fourth-order valence-corrected chi connectivity index (χ4v) is 3.55. The molecule has 0 amide bonds. The van der Waals surface area contributed by atoms with Crippen molar-refractivity contribution >= 4 is 0 Å². The molecule has 2 aromatic carbocycles. The predicted octanol–water partition coefficient (Wildman–Crippen LogP) is 5.17. The maximum Gasteiger partial charge on any atom is 0.123 e. The van der Waals surface area contributed by atoms with Crippen LogP contribution < -0.4 is 0 Å². The van der Waals surface area contributed by atoms with Gasteiger partial charge >= 0.3 is 0 Å². The van der Waals surface area contributed by atoms with Crippen molar-refractivity contribution in [3.63, 3.8) is 0 Å². The Hall–Kier alpha value is -1.74. The summed E-state index contributed by atoms with van der Waals surface area (Å²) in [4.78, 5) is 2.47. The first-order valence-electron chi connectivity index (χ1n) is 8.31. The predicted molar refractivity (Wildman–Crippen MR) is 89.2 cm³/mol. The SMILES string of the molecule is C[C@@H]1CC[C@H](C)N(C(c2ccc(F)cc2)c2ccc(F)cc2)C1. The van der Waals surface area contributed by atoms with Gasteiger partial charge < -0.3 is 0 Å². The number of hydrogen-bond donors (Lipinski definition) is 0. The van der Waals surface area contributed by atoms with Crippen LogP contribution in [0, 0.1) is 17.6 Å². The quantitative estimate of drug-likeness (QED) is 0.755. The molecule has 0 unspecified atom stereocenters. The summed E-state index contributed by atoms with van der Waals surface area (Å²) in [7, 11) is 0. The topological polar surface area (TPSA) is 3.24 Å². The van der Waals surface area contributed by atoms with Crippen molar-refractivity contribution in [3.05, 3.63) is 71.3 Å². The van der Waals surface area contributed by atoms with Crippen LogP contribution in [0.25, 0.3) is 0 Å². The van der Waals surface area contributed by atoms with Crippen LogP contribution in [0.4, 0.5) is 8.78 Å². The van der Waals surface area contributed by atoms with Gasteiger partial charge in [-0.25, -0.2) is 8.78 Å². The largest absolute Gasteiger partial charge is 0.289 e. The van der Waals surface area contributed by atoms with Gasteiger partial charge in [0.15, 0.2) is 0 Å². The van der Waals surface area contributed by atoms with Gasteiger partial charge in [0.2, 0.25) is 0 Å². The van der Waals surface area contributed by atoms with E-state index in [4.69, 9.17) is 0 Å². The highest BCUT2D eigenvalue weighted by Crippen LogP contribution is 2.35. The number of benzene rings is 2. The molecular formula is C20H23F2N. The first kappa shape index (κ1) is 16.1. The second-order valence-electron chi connectivity index (χ2n) is 6.73. The number of rotatable bonds is 3. The average Bonchev–Trinajstić information content (AvgIpc) is 2.54. The van der Waals surface area contributed by atoms with E-state index in [-0.39, 0.29) is 17.7 Å². The van der Waals surface area contributed by atoms with Gasteiger partial charge in [-0.3, -0.25) is 4.90 Å². The Balaban J connectivity index is 2.01. The fourth-order valence-electron chi connectivity index (χ4n) is 3.55. The summed E-state index contributed by atoms with van der Waals surface area (Å²) in [6.07, 6.45) is 2.39. The van der Waals surface area contributed by atoms with Crippen LogP contribution in [0.3, 0.4) is 0 Å². The molecule has 0 aromatic heterocycles. The van der Waals surface area contributed by atoms with Crippen molar-refractivity contribution in [3.8, 4) is 0 Å². The standard InChI is InChI=1S/C20H23F2N/c1-14-3-4-15(2)23(13-14)20(16-5-9-18(21)10-6-16)17-7-11-19(22)12-8-17/h5-12,14-15,20H,3-4,13H2,1-2H3/t14-,15+/m1/s1. The van der Waals surface area contributed by atoms with Crippen LogP contribution in [-0.4, -0.2) is 17.5 Å². The molecule has 0 N–H and O–H groups in total. The van der Waals surface area contributed by atoms with E-state index >= 15 is 0 Å². The van der Waals surface area contributed by atoms with E-state index < -0.39 is 0 Å². The van der Waals surface area contributed by atoms with Crippen molar-refractivity contribution in [1.29, 1.82) is 0 Å². The van der Waals surface area contributed by atoms with Gasteiger partial charge in [0.05, 0.1) is 6.04 Å². The molecule has 0 bridgehead atoms. The monoisotopic (exact) mass is 315 g/mol. The zero-order chi connectivity index (χ0) is 16.4. The Kier molecular flexibility index (Phi) is 4.76. The summed E-state index contributed by atoms with van der Waals surface area (Å²) in [5, 5.41) is 0. The van der Waals surface area contributed by atoms with Gasteiger partial charge in [-0.15, -0.1) is 0 Å². The summed E-state index contributed by atoms with van der Waals surface area (Å²) < 4.78 is 26.6. The van der Waals surface area contributed by atoms with Crippen molar-refractivity contribution in [1.82, 2.24) is 4.90 Å². The fraction of sp³-hybridized carbons (Fsp3) is 0.400. The molecule has 0 radical (unpaired) electrons. The van der Waals surface area contributed by atoms with Gasteiger partial charge in [0, 0.05) is 12.6 Å². The van der Waals surface area contributed by atoms with Gasteiger partial charge in [0.1, 0.15) is 11.6 Å². The molecule has 122 valence electrons. The van der Waals surface area contributed by atoms with E-state index in [0.717, 1.165) is 24.1 Å². The second kappa shape index (κ2) is 6.79. The van der Waals surface area contributed by atoms with Crippen LogP contribution in [-0.2, 0) is 0 Å². The summed E-state index contributed by atoms with van der Waals surface area (Å²) in [5.74, 6) is 0.174. The van der Waals surface area contributed by atoms with Crippen LogP contribution in [0.15, 0.2) is 48.5 Å². The lowest BCUT2D eigenvalue weighted by atomic mass is 9.89. The third kappa shape index (κ3) is 3.61. The lowest BCUT2D eigenvalue weighted by Gasteiger charge is -2.42. The minimum Gasteiger partial charge on any atom is -0.289 e. The first-order chi connectivity index (χ1) is 11.0. The second-order valence-corrected chi connectivity index (χ2v) is 6.73. The highest BCUT2D eigenvalue weighted by Gasteiger charge is 2.31. The molecule has 1 aliphatic heterocycles. The molecule has 1 fully saturated rings. The van der Waals surface area contributed by atoms with Gasteiger partial charge in [-0.2, -0.15) is 0 Å². The average molecular weight is 315 g/mol. The van der Waals surface area contributed by atoms with E-state index in [0.29, 0.717) is 12.0 Å². The normalized spacial score (nSPS) is 22.5. The number of likely N-dealkylation sites (tertiary alicyclic amines) is 1. The highest BCUT2D eigenvalue weighted by atomic mass is 19.1. The number of halogens is 2. The molecule has 2 atom stereocenters. The lowest BCUT2D eigenvalue weighted by Crippen LogP contribution is -2.43. The maximum absolute atomic E-state index is 13.3. The Morgan fingerprint density at radius 1 is 0.826 bits per heavy atom. The Bertz CT molecular complexity index is 590. The number of hydrogen-bond acceptors (Lipinski definition) is 1. The molecule has 3 heteroatoms. The third-order valence-electron chi connectivity index (χ3n) is 4.87. The molecule has 3 rings (SSSR count). The van der Waals surface area contributed by atoms with Crippen molar-refractivity contribution in [2.75, 3.05) is 6.54 Å². The number of nitrogens with zero attached hydrogens (tertiary/aromatic N) is 1. The van der Waals surface area contributed by atoms with Gasteiger partial charge in [-0.1, -0.05) is 31.2 Å². The molecule has 2 aromatic rings. The molecular weight excluding hydrogens is 292 g/mol. The van der Waals surface area contributed by atoms with E-state index in [2.05, 4.69) is 18.7 Å². The Labute approximate surface area is 136 Å². The molecule has 1 nitrogen and oxygen atoms in total. The number of piperidine rings is 1. The van der Waals surface area contributed by atoms with Crippen LogP contribution in [0.5, 0.6) is 0 Å². The Morgan fingerprint density at radius 2 is 1.30 bits per heavy atom. The zero-order valence-electron chi connectivity index (χ0n) is 13.7. The molecule has 0 saturated carbocycles. The van der Waals surface area contributed by atoms with Gasteiger partial charge in [0.25, 0.3) is 0 Å². The van der Waals surface area contributed by atoms with Crippen LogP contribution in [0.1, 0.15) is 43.9 Å². The highest BCUT2D eigenvalue weighted by molar-refractivity contribution is 5.32. The molecule has 1 heterocycles. The van der Waals surface area contributed by atoms with Gasteiger partial charge in [-0.05, 0) is 61.1 Å². The first-order valence-corrected chi connectivity index (χ1v) is 8.31. The Morgan fingerprint density at radius 3 is 1.78 bits per heavy atom. The van der Waals surface area contributed by atoms with Crippen LogP contribution >= 0.6 is 0 Å². The van der Waals surface area contributed by atoms with Crippen molar-refractivity contribution < 1.29 is 8.78 Å². The molecule has 0 spiro atoms. The molecule has 1 aliphatic rings. The van der Waals surface area contributed by atoms with E-state index in [1.807, 2.05) is 24.3 Å². The summed E-state index contributed by atoms with van der Waals surface area (Å²) in [6.45, 7) is 5.51. The van der Waals surface area contributed by atoms with Crippen LogP contribution in [0.2, 0.25) is 0 Å². The minimum atomic E-state index is -0.230. The van der Waals surface area contributed by atoms with E-state index in [9.17, 15) is 8.78 Å². The maximum atomic E-state index is 13.3. The zero-order valence-corrected chi connectivity index (χ0v) is 13.7. The summed E-state index contributed by atoms with van der Waals surface area (Å²) >= 11 is 0. The van der Waals surface area contributed by atoms with E-state index in [1.165, 1.54) is 30.7 Å². The van der Waals surface area contributed by atoms with Crippen molar-refractivity contribution in [2.24, 2.45) is 5.92 Å². The van der Waals surface area contributed by atoms with Crippen molar-refractivity contribution in [2.45, 2.75) is 38.8 Å². The third-order valence-corrected chi connectivity index (χ3v) is 4.87. The van der Waals surface area contributed by atoms with E-state index in [1.54, 1.807) is 0 Å². The smallest absolute Gasteiger partial charge is 0.123 e. The molecule has 23 heavy (non-hydrogen) atoms. The molecule has 1 saturated heterocycles. The minimum absolute atomic E-state index is 0.0361. The summed E-state index contributed by atoms with van der Waals surface area (Å²) in [5.41, 5.74) is 2.11. The lowest BCUT2D eigenvalue weighted by molar-refractivity contribution is 0.0933.